The highest BCUT2D eigenvalue weighted by Gasteiger charge is 2.16. The van der Waals surface area contributed by atoms with Gasteiger partial charge in [-0.15, -0.1) is 24.0 Å². The number of benzene rings is 1. The fourth-order valence-electron chi connectivity index (χ4n) is 2.05. The van der Waals surface area contributed by atoms with Crippen LogP contribution in [0.15, 0.2) is 29.3 Å². The summed E-state index contributed by atoms with van der Waals surface area (Å²) in [7, 11) is 0. The van der Waals surface area contributed by atoms with Gasteiger partial charge in [0.15, 0.2) is 5.96 Å². The second kappa shape index (κ2) is 13.3. The van der Waals surface area contributed by atoms with Crippen molar-refractivity contribution in [1.82, 2.24) is 16.0 Å². The minimum absolute atomic E-state index is 0. The number of thioether (sulfide) groups is 1. The molecular weight excluding hydrogens is 471 g/mol. The fourth-order valence-corrected chi connectivity index (χ4v) is 2.27. The third-order valence-electron chi connectivity index (χ3n) is 4.20. The Kier molecular flexibility index (Phi) is 12.8. The van der Waals surface area contributed by atoms with E-state index in [0.717, 1.165) is 31.0 Å². The van der Waals surface area contributed by atoms with Gasteiger partial charge in [-0.1, -0.05) is 19.1 Å². The molecule has 27 heavy (non-hydrogen) atoms. The Morgan fingerprint density at radius 3 is 2.33 bits per heavy atom. The number of hydrogen-bond donors (Lipinski definition) is 3. The third-order valence-corrected chi connectivity index (χ3v) is 5.45. The van der Waals surface area contributed by atoms with Crippen molar-refractivity contribution in [3.63, 3.8) is 0 Å². The van der Waals surface area contributed by atoms with E-state index in [1.165, 1.54) is 0 Å². The smallest absolute Gasteiger partial charge is 0.251 e. The largest absolute Gasteiger partial charge is 0.357 e. The van der Waals surface area contributed by atoms with Crippen LogP contribution in [0.25, 0.3) is 0 Å². The van der Waals surface area contributed by atoms with Crippen LogP contribution in [0.1, 0.15) is 57.0 Å². The summed E-state index contributed by atoms with van der Waals surface area (Å²) in [6, 6.07) is 7.83. The molecule has 0 saturated carbocycles. The Bertz CT molecular complexity index is 590. The van der Waals surface area contributed by atoms with Crippen LogP contribution in [0.3, 0.4) is 0 Å². The Morgan fingerprint density at radius 1 is 1.19 bits per heavy atom. The summed E-state index contributed by atoms with van der Waals surface area (Å²) in [5.74, 6) is 0.789. The molecule has 5 nitrogen and oxygen atoms in total. The van der Waals surface area contributed by atoms with Crippen LogP contribution in [-0.2, 0) is 6.54 Å². The second-order valence-corrected chi connectivity index (χ2v) is 8.51. The summed E-state index contributed by atoms with van der Waals surface area (Å²) < 4.78 is 0.154. The molecule has 154 valence electrons. The van der Waals surface area contributed by atoms with Gasteiger partial charge in [0.1, 0.15) is 0 Å². The lowest BCUT2D eigenvalue weighted by Crippen LogP contribution is -2.43. The Labute approximate surface area is 186 Å². The summed E-state index contributed by atoms with van der Waals surface area (Å²) in [5, 5.41) is 9.65. The van der Waals surface area contributed by atoms with Crippen molar-refractivity contribution in [1.29, 1.82) is 0 Å². The summed E-state index contributed by atoms with van der Waals surface area (Å²) in [5.41, 5.74) is 1.76. The van der Waals surface area contributed by atoms with E-state index < -0.39 is 0 Å². The molecule has 0 fully saturated rings. The van der Waals surface area contributed by atoms with Gasteiger partial charge in [0.05, 0.1) is 6.54 Å². The van der Waals surface area contributed by atoms with Crippen LogP contribution < -0.4 is 16.0 Å². The van der Waals surface area contributed by atoms with Crippen LogP contribution in [0.5, 0.6) is 0 Å². The predicted octanol–water partition coefficient (Wildman–Crippen LogP) is 4.03. The maximum Gasteiger partial charge on any atom is 0.251 e. The molecule has 0 aliphatic carbocycles. The minimum Gasteiger partial charge on any atom is -0.357 e. The van der Waals surface area contributed by atoms with Crippen LogP contribution in [0.4, 0.5) is 0 Å². The van der Waals surface area contributed by atoms with E-state index in [-0.39, 0.29) is 40.7 Å². The first-order valence-corrected chi connectivity index (χ1v) is 10.5. The maximum atomic E-state index is 12.1. The van der Waals surface area contributed by atoms with E-state index in [2.05, 4.69) is 54.9 Å². The first-order valence-electron chi connectivity index (χ1n) is 9.28. The second-order valence-electron chi connectivity index (χ2n) is 6.99. The van der Waals surface area contributed by atoms with Gasteiger partial charge in [-0.2, -0.15) is 11.8 Å². The molecule has 0 bridgehead atoms. The average molecular weight is 506 g/mol. The lowest BCUT2D eigenvalue weighted by atomic mass is 10.1. The molecule has 0 radical (unpaired) electrons. The van der Waals surface area contributed by atoms with Gasteiger partial charge < -0.3 is 16.0 Å². The maximum absolute atomic E-state index is 12.1. The molecule has 3 N–H and O–H groups in total. The van der Waals surface area contributed by atoms with Gasteiger partial charge in [-0.3, -0.25) is 4.79 Å². The highest BCUT2D eigenvalue weighted by atomic mass is 127. The van der Waals surface area contributed by atoms with Gasteiger partial charge in [0.2, 0.25) is 0 Å². The SMILES string of the molecule is CCNC(=NCc1ccc(C(=O)NC(C)CC)cc1)NCC(C)(C)SC.I. The van der Waals surface area contributed by atoms with Crippen molar-refractivity contribution < 1.29 is 4.79 Å². The first-order chi connectivity index (χ1) is 12.3. The zero-order chi connectivity index (χ0) is 19.6. The molecule has 0 aliphatic heterocycles. The zero-order valence-corrected chi connectivity index (χ0v) is 20.5. The lowest BCUT2D eigenvalue weighted by molar-refractivity contribution is 0.0939. The van der Waals surface area contributed by atoms with Gasteiger partial charge >= 0.3 is 0 Å². The van der Waals surface area contributed by atoms with E-state index >= 15 is 0 Å². The average Bonchev–Trinajstić information content (AvgIpc) is 2.64. The number of halogens is 1. The third kappa shape index (κ3) is 10.2. The molecule has 7 heteroatoms. The highest BCUT2D eigenvalue weighted by Crippen LogP contribution is 2.19. The normalized spacial score (nSPS) is 12.7. The minimum atomic E-state index is -0.0243. The molecular formula is C20H35IN4OS. The topological polar surface area (TPSA) is 65.5 Å². The Morgan fingerprint density at radius 2 is 1.81 bits per heavy atom. The Hall–Kier alpha value is -0.960. The highest BCUT2D eigenvalue weighted by molar-refractivity contribution is 14.0. The van der Waals surface area contributed by atoms with Crippen LogP contribution in [0.2, 0.25) is 0 Å². The number of rotatable bonds is 9. The molecule has 1 rings (SSSR count). The number of carbonyl (C=O) groups excluding carboxylic acids is 1. The van der Waals surface area contributed by atoms with Crippen molar-refractivity contribution >= 4 is 47.6 Å². The Balaban J connectivity index is 0.00000676. The van der Waals surface area contributed by atoms with E-state index in [1.807, 2.05) is 43.0 Å². The number of amides is 1. The monoisotopic (exact) mass is 506 g/mol. The lowest BCUT2D eigenvalue weighted by Gasteiger charge is -2.23. The van der Waals surface area contributed by atoms with Gasteiger partial charge in [0.25, 0.3) is 5.91 Å². The molecule has 1 unspecified atom stereocenters. The number of carbonyl (C=O) groups is 1. The predicted molar refractivity (Wildman–Crippen MR) is 129 cm³/mol. The number of nitrogens with one attached hydrogen (secondary N) is 3. The van der Waals surface area contributed by atoms with Crippen molar-refractivity contribution in [2.75, 3.05) is 19.3 Å². The summed E-state index contributed by atoms with van der Waals surface area (Å²) in [4.78, 5) is 16.8. The van der Waals surface area contributed by atoms with Gasteiger partial charge in [-0.05, 0) is 58.1 Å². The molecule has 0 aromatic heterocycles. The summed E-state index contributed by atoms with van der Waals surface area (Å²) in [6.45, 7) is 12.8. The quantitative estimate of drug-likeness (QED) is 0.269. The van der Waals surface area contributed by atoms with E-state index in [0.29, 0.717) is 12.1 Å². The van der Waals surface area contributed by atoms with Crippen molar-refractivity contribution in [3.8, 4) is 0 Å². The summed E-state index contributed by atoms with van der Waals surface area (Å²) in [6.07, 6.45) is 3.04. The molecule has 0 heterocycles. The number of nitrogens with zero attached hydrogens (tertiary/aromatic N) is 1. The van der Waals surface area contributed by atoms with E-state index in [4.69, 9.17) is 0 Å². The van der Waals surface area contributed by atoms with Crippen LogP contribution in [0, 0.1) is 0 Å². The standard InChI is InChI=1S/C20H34N4OS.HI/c1-7-15(3)24-18(25)17-11-9-16(10-12-17)13-22-19(21-8-2)23-14-20(4,5)26-6;/h9-12,15H,7-8,13-14H2,1-6H3,(H,24,25)(H2,21,22,23);1H. The molecule has 1 aromatic rings. The van der Waals surface area contributed by atoms with Gasteiger partial charge in [-0.25, -0.2) is 4.99 Å². The van der Waals surface area contributed by atoms with Crippen molar-refractivity contribution in [2.45, 2.75) is 58.4 Å². The number of hydrogen-bond acceptors (Lipinski definition) is 3. The molecule has 1 atom stereocenters. The summed E-state index contributed by atoms with van der Waals surface area (Å²) >= 11 is 1.83. The fraction of sp³-hybridized carbons (Fsp3) is 0.600. The number of aliphatic imine (C=N–C) groups is 1. The van der Waals surface area contributed by atoms with Crippen LogP contribution >= 0.6 is 35.7 Å². The zero-order valence-electron chi connectivity index (χ0n) is 17.4. The first kappa shape index (κ1) is 26.0. The van der Waals surface area contributed by atoms with E-state index in [1.54, 1.807) is 0 Å². The number of guanidine groups is 1. The van der Waals surface area contributed by atoms with E-state index in [9.17, 15) is 4.79 Å². The molecule has 1 amide bonds. The van der Waals surface area contributed by atoms with Crippen LogP contribution in [-0.4, -0.2) is 42.0 Å². The van der Waals surface area contributed by atoms with Crippen molar-refractivity contribution in [3.05, 3.63) is 35.4 Å². The van der Waals surface area contributed by atoms with Crippen molar-refractivity contribution in [2.24, 2.45) is 4.99 Å². The van der Waals surface area contributed by atoms with Gasteiger partial charge in [0, 0.05) is 29.4 Å². The molecule has 0 aliphatic rings. The molecule has 0 spiro atoms. The molecule has 0 saturated heterocycles. The molecule has 1 aromatic carbocycles.